The molecule has 24 heavy (non-hydrogen) atoms. The van der Waals surface area contributed by atoms with Crippen LogP contribution in [-0.4, -0.2) is 15.6 Å². The number of carbonyl (C=O) groups is 1. The molecular formula is C19H26N4O. The third-order valence-electron chi connectivity index (χ3n) is 4.63. The maximum absolute atomic E-state index is 12.4. The van der Waals surface area contributed by atoms with Crippen LogP contribution in [0.3, 0.4) is 0 Å². The third-order valence-corrected chi connectivity index (χ3v) is 4.63. The first-order chi connectivity index (χ1) is 11.6. The Bertz CT molecular complexity index is 703. The second-order valence-corrected chi connectivity index (χ2v) is 6.89. The van der Waals surface area contributed by atoms with Crippen LogP contribution in [0.1, 0.15) is 55.6 Å². The molecule has 2 amide bonds. The van der Waals surface area contributed by atoms with Gasteiger partial charge in [0.05, 0.1) is 6.04 Å². The molecule has 0 bridgehead atoms. The van der Waals surface area contributed by atoms with Crippen LogP contribution in [0.2, 0.25) is 0 Å². The molecule has 128 valence electrons. The van der Waals surface area contributed by atoms with E-state index in [9.17, 15) is 4.79 Å². The molecule has 1 atom stereocenters. The number of nitrogens with one attached hydrogen (secondary N) is 2. The molecule has 2 N–H and O–H groups in total. The summed E-state index contributed by atoms with van der Waals surface area (Å²) < 4.78 is 1.98. The topological polar surface area (TPSA) is 59.0 Å². The maximum Gasteiger partial charge on any atom is 0.315 e. The van der Waals surface area contributed by atoms with E-state index in [2.05, 4.69) is 41.6 Å². The van der Waals surface area contributed by atoms with Gasteiger partial charge in [-0.05, 0) is 35.8 Å². The smallest absolute Gasteiger partial charge is 0.315 e. The molecule has 1 fully saturated rings. The molecule has 1 heterocycles. The molecule has 0 radical (unpaired) electrons. The summed E-state index contributed by atoms with van der Waals surface area (Å²) in [6.45, 7) is 4.88. The molecule has 0 saturated heterocycles. The minimum Gasteiger partial charge on any atom is -0.336 e. The summed E-state index contributed by atoms with van der Waals surface area (Å²) in [6.07, 6.45) is 5.99. The van der Waals surface area contributed by atoms with E-state index in [1.807, 2.05) is 29.9 Å². The third kappa shape index (κ3) is 3.78. The molecule has 1 aliphatic rings. The van der Waals surface area contributed by atoms with Gasteiger partial charge in [-0.2, -0.15) is 0 Å². The molecule has 1 aliphatic carbocycles. The van der Waals surface area contributed by atoms with Crippen molar-refractivity contribution in [1.82, 2.24) is 20.2 Å². The van der Waals surface area contributed by atoms with Crippen LogP contribution in [-0.2, 0) is 13.6 Å². The minimum absolute atomic E-state index is 0.00894. The zero-order chi connectivity index (χ0) is 17.1. The number of aromatic nitrogens is 2. The number of hydrogen-bond donors (Lipinski definition) is 2. The lowest BCUT2D eigenvalue weighted by molar-refractivity contribution is 0.234. The summed E-state index contributed by atoms with van der Waals surface area (Å²) in [5, 5.41) is 6.11. The van der Waals surface area contributed by atoms with Crippen molar-refractivity contribution in [2.45, 2.75) is 45.2 Å². The first-order valence-corrected chi connectivity index (χ1v) is 8.65. The van der Waals surface area contributed by atoms with Crippen LogP contribution in [0.25, 0.3) is 0 Å². The fourth-order valence-electron chi connectivity index (χ4n) is 3.13. The number of benzene rings is 1. The Hall–Kier alpha value is -2.30. The summed E-state index contributed by atoms with van der Waals surface area (Å²) >= 11 is 0. The van der Waals surface area contributed by atoms with Gasteiger partial charge >= 0.3 is 6.03 Å². The zero-order valence-corrected chi connectivity index (χ0v) is 14.6. The monoisotopic (exact) mass is 326 g/mol. The van der Waals surface area contributed by atoms with Crippen molar-refractivity contribution >= 4 is 6.03 Å². The number of nitrogens with zero attached hydrogens (tertiary/aromatic N) is 2. The maximum atomic E-state index is 12.4. The second-order valence-electron chi connectivity index (χ2n) is 6.89. The number of rotatable bonds is 6. The summed E-state index contributed by atoms with van der Waals surface area (Å²) in [4.78, 5) is 16.8. The van der Waals surface area contributed by atoms with Gasteiger partial charge in [0.1, 0.15) is 5.82 Å². The van der Waals surface area contributed by atoms with Crippen molar-refractivity contribution in [3.63, 3.8) is 0 Å². The van der Waals surface area contributed by atoms with E-state index in [0.717, 1.165) is 18.7 Å². The normalized spacial score (nSPS) is 15.3. The van der Waals surface area contributed by atoms with Crippen LogP contribution in [0, 0.1) is 5.92 Å². The van der Waals surface area contributed by atoms with Gasteiger partial charge in [0.2, 0.25) is 0 Å². The number of carbonyl (C=O) groups excluding carboxylic acids is 1. The zero-order valence-electron chi connectivity index (χ0n) is 14.6. The van der Waals surface area contributed by atoms with Gasteiger partial charge in [-0.1, -0.05) is 38.1 Å². The number of imidazole rings is 1. The highest BCUT2D eigenvalue weighted by atomic mass is 16.2. The van der Waals surface area contributed by atoms with Gasteiger partial charge in [-0.25, -0.2) is 9.78 Å². The minimum atomic E-state index is -0.131. The summed E-state index contributed by atoms with van der Waals surface area (Å²) in [6, 6.07) is 8.12. The molecule has 3 rings (SSSR count). The fraction of sp³-hybridized carbons (Fsp3) is 0.474. The number of hydrogen-bond acceptors (Lipinski definition) is 2. The molecule has 5 heteroatoms. The molecule has 1 aromatic heterocycles. The molecular weight excluding hydrogens is 300 g/mol. The van der Waals surface area contributed by atoms with Gasteiger partial charge in [-0.15, -0.1) is 0 Å². The molecule has 1 saturated carbocycles. The number of amides is 2. The van der Waals surface area contributed by atoms with Gasteiger partial charge in [0, 0.05) is 26.0 Å². The molecule has 0 spiro atoms. The Kier molecular flexibility index (Phi) is 4.88. The molecule has 2 aromatic rings. The SMILES string of the molecule is CC(C)c1ccccc1CNC(=O)NC(c1nccn1C)C1CC1. The highest BCUT2D eigenvalue weighted by Crippen LogP contribution is 2.40. The fourth-order valence-corrected chi connectivity index (χ4v) is 3.13. The number of aryl methyl sites for hydroxylation is 1. The van der Waals surface area contributed by atoms with Crippen LogP contribution in [0.4, 0.5) is 4.79 Å². The van der Waals surface area contributed by atoms with Gasteiger partial charge in [-0.3, -0.25) is 0 Å². The Balaban J connectivity index is 1.62. The Morgan fingerprint density at radius 2 is 2.08 bits per heavy atom. The highest BCUT2D eigenvalue weighted by Gasteiger charge is 2.35. The van der Waals surface area contributed by atoms with Gasteiger partial charge in [0.25, 0.3) is 0 Å². The predicted molar refractivity (Wildman–Crippen MR) is 94.6 cm³/mol. The lowest BCUT2D eigenvalue weighted by Gasteiger charge is -2.19. The standard InChI is InChI=1S/C19H26N4O/c1-13(2)16-7-5-4-6-15(16)12-21-19(24)22-17(14-8-9-14)18-20-10-11-23(18)3/h4-7,10-11,13-14,17H,8-9,12H2,1-3H3,(H2,21,22,24). The van der Waals surface area contributed by atoms with Crippen LogP contribution in [0.5, 0.6) is 0 Å². The first-order valence-electron chi connectivity index (χ1n) is 8.65. The lowest BCUT2D eigenvalue weighted by atomic mass is 9.97. The largest absolute Gasteiger partial charge is 0.336 e. The van der Waals surface area contributed by atoms with E-state index < -0.39 is 0 Å². The van der Waals surface area contributed by atoms with Crippen molar-refractivity contribution in [3.05, 3.63) is 53.6 Å². The van der Waals surface area contributed by atoms with Crippen molar-refractivity contribution in [3.8, 4) is 0 Å². The molecule has 1 unspecified atom stereocenters. The molecule has 1 aromatic carbocycles. The van der Waals surface area contributed by atoms with Crippen molar-refractivity contribution in [2.24, 2.45) is 13.0 Å². The van der Waals surface area contributed by atoms with E-state index in [1.54, 1.807) is 6.20 Å². The van der Waals surface area contributed by atoms with Crippen molar-refractivity contribution in [1.29, 1.82) is 0 Å². The van der Waals surface area contributed by atoms with Crippen LogP contribution >= 0.6 is 0 Å². The summed E-state index contributed by atoms with van der Waals surface area (Å²) in [5.74, 6) is 1.87. The van der Waals surface area contributed by atoms with Crippen molar-refractivity contribution < 1.29 is 4.79 Å². The van der Waals surface area contributed by atoms with Gasteiger partial charge in [0.15, 0.2) is 0 Å². The van der Waals surface area contributed by atoms with E-state index in [1.165, 1.54) is 11.1 Å². The Morgan fingerprint density at radius 1 is 1.33 bits per heavy atom. The van der Waals surface area contributed by atoms with E-state index >= 15 is 0 Å². The molecule has 0 aliphatic heterocycles. The van der Waals surface area contributed by atoms with Crippen LogP contribution in [0.15, 0.2) is 36.7 Å². The number of urea groups is 1. The second kappa shape index (κ2) is 7.07. The molecule has 5 nitrogen and oxygen atoms in total. The average Bonchev–Trinajstić information content (AvgIpc) is 3.32. The summed E-state index contributed by atoms with van der Waals surface area (Å²) in [7, 11) is 1.97. The highest BCUT2D eigenvalue weighted by molar-refractivity contribution is 5.74. The van der Waals surface area contributed by atoms with E-state index in [4.69, 9.17) is 0 Å². The van der Waals surface area contributed by atoms with Crippen molar-refractivity contribution in [2.75, 3.05) is 0 Å². The lowest BCUT2D eigenvalue weighted by Crippen LogP contribution is -2.39. The Morgan fingerprint density at radius 3 is 2.71 bits per heavy atom. The van der Waals surface area contributed by atoms with Crippen LogP contribution < -0.4 is 10.6 Å². The van der Waals surface area contributed by atoms with Gasteiger partial charge < -0.3 is 15.2 Å². The summed E-state index contributed by atoms with van der Waals surface area (Å²) in [5.41, 5.74) is 2.45. The van der Waals surface area contributed by atoms with E-state index in [-0.39, 0.29) is 12.1 Å². The average molecular weight is 326 g/mol. The quantitative estimate of drug-likeness (QED) is 0.853. The van der Waals surface area contributed by atoms with E-state index in [0.29, 0.717) is 18.4 Å². The Labute approximate surface area is 143 Å². The predicted octanol–water partition coefficient (Wildman–Crippen LogP) is 3.49. The first kappa shape index (κ1) is 16.6.